The average molecular weight is 548 g/mol. The first-order valence-electron chi connectivity index (χ1n) is 12.7. The van der Waals surface area contributed by atoms with Crippen molar-refractivity contribution in [2.75, 3.05) is 28.8 Å². The zero-order valence-electron chi connectivity index (χ0n) is 22.0. The van der Waals surface area contributed by atoms with Gasteiger partial charge in [-0.2, -0.15) is 0 Å². The molecule has 5 amide bonds. The molecule has 0 spiro atoms. The number of hydrogen-bond acceptors (Lipinski definition) is 6. The van der Waals surface area contributed by atoms with Crippen LogP contribution >= 0.6 is 0 Å². The SMILES string of the molecule is COc1cc(C=C2C(=O)N(c3ccccc3)C(=O)N(c3ccccc3)C2=O)ccc1OCC(=O)Nc1ccccc1. The van der Waals surface area contributed by atoms with Crippen LogP contribution < -0.4 is 24.6 Å². The summed E-state index contributed by atoms with van der Waals surface area (Å²) in [6, 6.07) is 29.8. The fraction of sp³-hybridized carbons (Fsp3) is 0.0625. The molecular formula is C32H25N3O6. The van der Waals surface area contributed by atoms with E-state index in [-0.39, 0.29) is 18.1 Å². The zero-order chi connectivity index (χ0) is 28.8. The van der Waals surface area contributed by atoms with Crippen LogP contribution in [0, 0.1) is 0 Å². The zero-order valence-corrected chi connectivity index (χ0v) is 22.0. The summed E-state index contributed by atoms with van der Waals surface area (Å²) in [6.45, 7) is -0.261. The molecule has 0 aromatic heterocycles. The summed E-state index contributed by atoms with van der Waals surface area (Å²) < 4.78 is 11.1. The molecule has 4 aromatic rings. The molecule has 41 heavy (non-hydrogen) atoms. The van der Waals surface area contributed by atoms with Crippen molar-refractivity contribution in [1.29, 1.82) is 0 Å². The van der Waals surface area contributed by atoms with Gasteiger partial charge < -0.3 is 14.8 Å². The lowest BCUT2D eigenvalue weighted by atomic mass is 10.0. The second kappa shape index (κ2) is 12.0. The minimum absolute atomic E-state index is 0.213. The number of ether oxygens (including phenoxy) is 2. The summed E-state index contributed by atoms with van der Waals surface area (Å²) in [7, 11) is 1.44. The van der Waals surface area contributed by atoms with Crippen molar-refractivity contribution in [2.45, 2.75) is 0 Å². The number of carbonyl (C=O) groups is 4. The number of nitrogens with zero attached hydrogens (tertiary/aromatic N) is 2. The lowest BCUT2D eigenvalue weighted by molar-refractivity contribution is -0.121. The highest BCUT2D eigenvalue weighted by atomic mass is 16.5. The lowest BCUT2D eigenvalue weighted by Crippen LogP contribution is -2.57. The van der Waals surface area contributed by atoms with E-state index in [2.05, 4.69) is 5.32 Å². The molecule has 0 unspecified atom stereocenters. The van der Waals surface area contributed by atoms with Gasteiger partial charge in [-0.3, -0.25) is 14.4 Å². The van der Waals surface area contributed by atoms with Gasteiger partial charge in [0.2, 0.25) is 0 Å². The highest BCUT2D eigenvalue weighted by molar-refractivity contribution is 6.46. The maximum Gasteiger partial charge on any atom is 0.343 e. The van der Waals surface area contributed by atoms with E-state index in [1.54, 1.807) is 91.0 Å². The normalized spacial score (nSPS) is 13.2. The number of barbiturate groups is 1. The molecule has 1 saturated heterocycles. The summed E-state index contributed by atoms with van der Waals surface area (Å²) in [5, 5.41) is 2.74. The number of imide groups is 2. The first-order chi connectivity index (χ1) is 20.0. The number of urea groups is 1. The fourth-order valence-corrected chi connectivity index (χ4v) is 4.26. The Morgan fingerprint density at radius 3 is 1.80 bits per heavy atom. The molecular weight excluding hydrogens is 522 g/mol. The second-order valence-corrected chi connectivity index (χ2v) is 8.91. The summed E-state index contributed by atoms with van der Waals surface area (Å²) in [4.78, 5) is 54.8. The van der Waals surface area contributed by atoms with E-state index in [4.69, 9.17) is 9.47 Å². The van der Waals surface area contributed by atoms with Crippen LogP contribution in [0.5, 0.6) is 11.5 Å². The predicted molar refractivity (Wildman–Crippen MR) is 155 cm³/mol. The maximum atomic E-state index is 13.6. The minimum Gasteiger partial charge on any atom is -0.493 e. The van der Waals surface area contributed by atoms with Crippen LogP contribution in [0.15, 0.2) is 115 Å². The van der Waals surface area contributed by atoms with E-state index in [9.17, 15) is 19.2 Å². The summed E-state index contributed by atoms with van der Waals surface area (Å²) >= 11 is 0. The Kier molecular flexibility index (Phi) is 7.87. The van der Waals surface area contributed by atoms with Crippen LogP contribution in [-0.2, 0) is 14.4 Å². The molecule has 1 fully saturated rings. The Bertz CT molecular complexity index is 1560. The number of benzene rings is 4. The Labute approximate surface area is 236 Å². The number of hydrogen-bond donors (Lipinski definition) is 1. The number of anilines is 3. The van der Waals surface area contributed by atoms with Crippen molar-refractivity contribution in [3.8, 4) is 11.5 Å². The third kappa shape index (κ3) is 5.84. The van der Waals surface area contributed by atoms with E-state index >= 15 is 0 Å². The van der Waals surface area contributed by atoms with Crippen molar-refractivity contribution in [2.24, 2.45) is 0 Å². The van der Waals surface area contributed by atoms with Gasteiger partial charge in [0.15, 0.2) is 18.1 Å². The largest absolute Gasteiger partial charge is 0.493 e. The van der Waals surface area contributed by atoms with Gasteiger partial charge in [-0.15, -0.1) is 0 Å². The minimum atomic E-state index is -0.773. The topological polar surface area (TPSA) is 105 Å². The highest BCUT2D eigenvalue weighted by Gasteiger charge is 2.43. The number of para-hydroxylation sites is 3. The van der Waals surface area contributed by atoms with Crippen molar-refractivity contribution in [3.05, 3.63) is 120 Å². The van der Waals surface area contributed by atoms with E-state index < -0.39 is 17.8 Å². The first-order valence-corrected chi connectivity index (χ1v) is 12.7. The number of carbonyl (C=O) groups excluding carboxylic acids is 4. The molecule has 0 radical (unpaired) electrons. The van der Waals surface area contributed by atoms with Gasteiger partial charge in [0.05, 0.1) is 18.5 Å². The molecule has 1 N–H and O–H groups in total. The molecule has 204 valence electrons. The van der Waals surface area contributed by atoms with Gasteiger partial charge in [-0.1, -0.05) is 60.7 Å². The van der Waals surface area contributed by atoms with Gasteiger partial charge in [0, 0.05) is 5.69 Å². The molecule has 0 aliphatic carbocycles. The molecule has 5 rings (SSSR count). The molecule has 9 nitrogen and oxygen atoms in total. The van der Waals surface area contributed by atoms with Crippen LogP contribution in [-0.4, -0.2) is 37.5 Å². The van der Waals surface area contributed by atoms with E-state index in [1.165, 1.54) is 13.2 Å². The summed E-state index contributed by atoms with van der Waals surface area (Å²) in [5.74, 6) is -1.27. The van der Waals surface area contributed by atoms with Gasteiger partial charge in [0.25, 0.3) is 17.7 Å². The Balaban J connectivity index is 1.43. The van der Waals surface area contributed by atoms with Crippen molar-refractivity contribution in [3.63, 3.8) is 0 Å². The number of rotatable bonds is 8. The second-order valence-electron chi connectivity index (χ2n) is 8.91. The molecule has 1 aliphatic rings. The Morgan fingerprint density at radius 2 is 1.27 bits per heavy atom. The monoisotopic (exact) mass is 547 g/mol. The van der Waals surface area contributed by atoms with Gasteiger partial charge in [0.1, 0.15) is 5.57 Å². The van der Waals surface area contributed by atoms with Gasteiger partial charge in [-0.25, -0.2) is 14.6 Å². The quantitative estimate of drug-likeness (QED) is 0.237. The Hall–Kier alpha value is -5.70. The maximum absolute atomic E-state index is 13.6. The average Bonchev–Trinajstić information content (AvgIpc) is 3.00. The third-order valence-corrected chi connectivity index (χ3v) is 6.19. The molecule has 1 heterocycles. The number of amides is 5. The molecule has 0 saturated carbocycles. The smallest absolute Gasteiger partial charge is 0.343 e. The Morgan fingerprint density at radius 1 is 0.732 bits per heavy atom. The molecule has 0 bridgehead atoms. The molecule has 0 atom stereocenters. The van der Waals surface area contributed by atoms with Crippen molar-refractivity contribution >= 4 is 46.9 Å². The molecule has 1 aliphatic heterocycles. The van der Waals surface area contributed by atoms with Crippen molar-refractivity contribution < 1.29 is 28.7 Å². The first kappa shape index (κ1) is 26.9. The molecule has 9 heteroatoms. The van der Waals surface area contributed by atoms with E-state index in [0.717, 1.165) is 9.80 Å². The van der Waals surface area contributed by atoms with Gasteiger partial charge >= 0.3 is 6.03 Å². The van der Waals surface area contributed by atoms with Gasteiger partial charge in [-0.05, 0) is 60.2 Å². The van der Waals surface area contributed by atoms with Crippen LogP contribution in [0.4, 0.5) is 21.9 Å². The van der Waals surface area contributed by atoms with Crippen LogP contribution in [0.3, 0.4) is 0 Å². The van der Waals surface area contributed by atoms with Crippen LogP contribution in [0.2, 0.25) is 0 Å². The summed E-state index contributed by atoms with van der Waals surface area (Å²) in [6.07, 6.45) is 1.40. The fourth-order valence-electron chi connectivity index (χ4n) is 4.26. The molecule has 4 aromatic carbocycles. The van der Waals surface area contributed by atoms with E-state index in [1.807, 2.05) is 18.2 Å². The highest BCUT2D eigenvalue weighted by Crippen LogP contribution is 2.32. The van der Waals surface area contributed by atoms with Crippen molar-refractivity contribution in [1.82, 2.24) is 0 Å². The van der Waals surface area contributed by atoms with E-state index in [0.29, 0.717) is 34.1 Å². The summed E-state index contributed by atoms with van der Waals surface area (Å²) in [5.41, 5.74) is 1.54. The number of methoxy groups -OCH3 is 1. The lowest BCUT2D eigenvalue weighted by Gasteiger charge is -2.33. The third-order valence-electron chi connectivity index (χ3n) is 6.19. The van der Waals surface area contributed by atoms with Crippen LogP contribution in [0.1, 0.15) is 5.56 Å². The number of nitrogens with one attached hydrogen (secondary N) is 1. The van der Waals surface area contributed by atoms with Crippen LogP contribution in [0.25, 0.3) is 6.08 Å². The standard InChI is InChI=1S/C32H25N3O6/c1-40-28-20-22(17-18-27(28)41-21-29(36)33-23-11-5-2-6-12-23)19-26-30(37)34(24-13-7-3-8-14-24)32(39)35(31(26)38)25-15-9-4-10-16-25/h2-20H,21H2,1H3,(H,33,36). The predicted octanol–water partition coefficient (Wildman–Crippen LogP) is 5.30.